The molecule has 0 unspecified atom stereocenters. The first-order valence-electron chi connectivity index (χ1n) is 8.88. The molecule has 2 aliphatic heterocycles. The summed E-state index contributed by atoms with van der Waals surface area (Å²) in [6.07, 6.45) is 6.84. The summed E-state index contributed by atoms with van der Waals surface area (Å²) in [6, 6.07) is 0. The van der Waals surface area contributed by atoms with Gasteiger partial charge in [0, 0.05) is 39.1 Å². The van der Waals surface area contributed by atoms with Crippen LogP contribution in [-0.2, 0) is 9.53 Å². The van der Waals surface area contributed by atoms with Gasteiger partial charge in [0.2, 0.25) is 5.95 Å². The molecule has 0 saturated carbocycles. The number of likely N-dealkylation sites (tertiary alicyclic amines) is 1. The Hall–Kier alpha value is -2.22. The molecule has 2 fully saturated rings. The van der Waals surface area contributed by atoms with Crippen molar-refractivity contribution in [1.29, 1.82) is 0 Å². The number of morpholine rings is 1. The van der Waals surface area contributed by atoms with Crippen molar-refractivity contribution >= 4 is 17.8 Å². The fourth-order valence-corrected chi connectivity index (χ4v) is 3.23. The molecule has 136 valence electrons. The number of anilines is 1. The molecule has 3 rings (SSSR count). The second-order valence-electron chi connectivity index (χ2n) is 6.40. The fraction of sp³-hybridized carbons (Fsp3) is 0.647. The lowest BCUT2D eigenvalue weighted by molar-refractivity contribution is -0.148. The molecule has 2 amide bonds. The van der Waals surface area contributed by atoms with Crippen LogP contribution in [0.4, 0.5) is 5.95 Å². The van der Waals surface area contributed by atoms with E-state index < -0.39 is 6.10 Å². The van der Waals surface area contributed by atoms with Gasteiger partial charge in [-0.2, -0.15) is 0 Å². The van der Waals surface area contributed by atoms with E-state index in [1.807, 2.05) is 4.90 Å². The van der Waals surface area contributed by atoms with Gasteiger partial charge in [-0.15, -0.1) is 0 Å². The van der Waals surface area contributed by atoms with Crippen LogP contribution < -0.4 is 5.32 Å². The molecule has 0 spiro atoms. The quantitative estimate of drug-likeness (QED) is 0.869. The lowest BCUT2D eigenvalue weighted by Crippen LogP contribution is -2.52. The van der Waals surface area contributed by atoms with E-state index in [1.54, 1.807) is 11.9 Å². The molecule has 3 heterocycles. The van der Waals surface area contributed by atoms with Crippen LogP contribution in [0.5, 0.6) is 0 Å². The normalized spacial score (nSPS) is 21.6. The number of hydrogen-bond acceptors (Lipinski definition) is 6. The Balaban J connectivity index is 1.63. The Morgan fingerprint density at radius 2 is 1.76 bits per heavy atom. The smallest absolute Gasteiger partial charge is 0.257 e. The summed E-state index contributed by atoms with van der Waals surface area (Å²) in [5, 5.41) is 2.82. The molecule has 0 aliphatic carbocycles. The van der Waals surface area contributed by atoms with Gasteiger partial charge in [0.1, 0.15) is 0 Å². The molecule has 0 bridgehead atoms. The molecule has 2 saturated heterocycles. The van der Waals surface area contributed by atoms with Gasteiger partial charge in [-0.1, -0.05) is 12.8 Å². The third kappa shape index (κ3) is 4.25. The van der Waals surface area contributed by atoms with E-state index in [2.05, 4.69) is 15.3 Å². The molecule has 0 aromatic carbocycles. The first kappa shape index (κ1) is 17.6. The number of nitrogens with zero attached hydrogens (tertiary/aromatic N) is 4. The monoisotopic (exact) mass is 347 g/mol. The second-order valence-corrected chi connectivity index (χ2v) is 6.40. The average Bonchev–Trinajstić information content (AvgIpc) is 2.96. The Bertz CT molecular complexity index is 599. The molecule has 8 heteroatoms. The maximum atomic E-state index is 12.7. The molecule has 0 radical (unpaired) electrons. The van der Waals surface area contributed by atoms with Gasteiger partial charge in [-0.05, 0) is 12.8 Å². The number of ether oxygens (including phenoxy) is 1. The topological polar surface area (TPSA) is 87.7 Å². The number of carbonyl (C=O) groups excluding carboxylic acids is 2. The number of nitrogens with one attached hydrogen (secondary N) is 1. The van der Waals surface area contributed by atoms with Crippen LogP contribution in [0.25, 0.3) is 0 Å². The summed E-state index contributed by atoms with van der Waals surface area (Å²) in [7, 11) is 1.72. The molecule has 1 aromatic heterocycles. The summed E-state index contributed by atoms with van der Waals surface area (Å²) in [5.41, 5.74) is 0.418. The summed E-state index contributed by atoms with van der Waals surface area (Å²) in [6.45, 7) is 2.68. The SMILES string of the molecule is CNc1ncc(C(=O)N2CCO[C@H](C(=O)N3CCCCCC3)C2)cn1. The standard InChI is InChI=1S/C17H25N5O3/c1-18-17-19-10-13(11-20-17)15(23)22-8-9-25-14(12-22)16(24)21-6-4-2-3-5-7-21/h10-11,14H,2-9,12H2,1H3,(H,18,19,20)/t14-/m0/s1. The largest absolute Gasteiger partial charge is 0.365 e. The van der Waals surface area contributed by atoms with Crippen LogP contribution in [0.3, 0.4) is 0 Å². The van der Waals surface area contributed by atoms with Gasteiger partial charge in [-0.25, -0.2) is 9.97 Å². The molecule has 25 heavy (non-hydrogen) atoms. The number of aromatic nitrogens is 2. The summed E-state index contributed by atoms with van der Waals surface area (Å²) in [5.74, 6) is 0.300. The van der Waals surface area contributed by atoms with Gasteiger partial charge in [-0.3, -0.25) is 9.59 Å². The fourth-order valence-electron chi connectivity index (χ4n) is 3.23. The Labute approximate surface area is 147 Å². The highest BCUT2D eigenvalue weighted by Gasteiger charge is 2.32. The van der Waals surface area contributed by atoms with E-state index in [-0.39, 0.29) is 18.4 Å². The third-order valence-corrected chi connectivity index (χ3v) is 4.67. The molecular formula is C17H25N5O3. The molecule has 1 N–H and O–H groups in total. The lowest BCUT2D eigenvalue weighted by Gasteiger charge is -2.34. The molecule has 8 nitrogen and oxygen atoms in total. The van der Waals surface area contributed by atoms with E-state index in [4.69, 9.17) is 4.74 Å². The van der Waals surface area contributed by atoms with Crippen molar-refractivity contribution in [3.63, 3.8) is 0 Å². The minimum absolute atomic E-state index is 0.00109. The zero-order chi connectivity index (χ0) is 17.6. The van der Waals surface area contributed by atoms with Gasteiger partial charge >= 0.3 is 0 Å². The van der Waals surface area contributed by atoms with Crippen LogP contribution in [0.1, 0.15) is 36.0 Å². The van der Waals surface area contributed by atoms with E-state index in [0.29, 0.717) is 24.7 Å². The zero-order valence-electron chi connectivity index (χ0n) is 14.6. The van der Waals surface area contributed by atoms with Crippen molar-refractivity contribution in [2.75, 3.05) is 45.2 Å². The van der Waals surface area contributed by atoms with Crippen LogP contribution in [0.15, 0.2) is 12.4 Å². The summed E-state index contributed by atoms with van der Waals surface area (Å²) < 4.78 is 5.66. The predicted molar refractivity (Wildman–Crippen MR) is 92.3 cm³/mol. The van der Waals surface area contributed by atoms with Gasteiger partial charge in [0.25, 0.3) is 11.8 Å². The summed E-state index contributed by atoms with van der Waals surface area (Å²) in [4.78, 5) is 37.1. The van der Waals surface area contributed by atoms with E-state index >= 15 is 0 Å². The highest BCUT2D eigenvalue weighted by atomic mass is 16.5. The minimum Gasteiger partial charge on any atom is -0.365 e. The zero-order valence-corrected chi connectivity index (χ0v) is 14.6. The third-order valence-electron chi connectivity index (χ3n) is 4.67. The molecular weight excluding hydrogens is 322 g/mol. The number of carbonyl (C=O) groups is 2. The average molecular weight is 347 g/mol. The first-order chi connectivity index (χ1) is 12.2. The highest BCUT2D eigenvalue weighted by Crippen LogP contribution is 2.16. The van der Waals surface area contributed by atoms with Crippen molar-refractivity contribution in [3.05, 3.63) is 18.0 Å². The maximum Gasteiger partial charge on any atom is 0.257 e. The molecule has 1 aromatic rings. The van der Waals surface area contributed by atoms with Crippen LogP contribution in [0.2, 0.25) is 0 Å². The first-order valence-corrected chi connectivity index (χ1v) is 8.88. The Morgan fingerprint density at radius 3 is 2.40 bits per heavy atom. The number of amides is 2. The van der Waals surface area contributed by atoms with Crippen LogP contribution in [0, 0.1) is 0 Å². The van der Waals surface area contributed by atoms with Crippen LogP contribution in [-0.4, -0.2) is 77.5 Å². The number of rotatable bonds is 3. The second kappa shape index (κ2) is 8.24. The Morgan fingerprint density at radius 1 is 1.08 bits per heavy atom. The Kier molecular flexibility index (Phi) is 5.80. The van der Waals surface area contributed by atoms with Crippen molar-refractivity contribution in [1.82, 2.24) is 19.8 Å². The number of hydrogen-bond donors (Lipinski definition) is 1. The van der Waals surface area contributed by atoms with E-state index in [1.165, 1.54) is 25.2 Å². The van der Waals surface area contributed by atoms with Crippen molar-refractivity contribution in [2.24, 2.45) is 0 Å². The molecule has 1 atom stereocenters. The van der Waals surface area contributed by atoms with E-state index in [0.717, 1.165) is 25.9 Å². The minimum atomic E-state index is -0.576. The molecule has 2 aliphatic rings. The lowest BCUT2D eigenvalue weighted by atomic mass is 10.2. The predicted octanol–water partition coefficient (Wildman–Crippen LogP) is 0.762. The summed E-state index contributed by atoms with van der Waals surface area (Å²) >= 11 is 0. The van der Waals surface area contributed by atoms with Crippen molar-refractivity contribution in [3.8, 4) is 0 Å². The highest BCUT2D eigenvalue weighted by molar-refractivity contribution is 5.94. The van der Waals surface area contributed by atoms with Crippen LogP contribution >= 0.6 is 0 Å². The van der Waals surface area contributed by atoms with Crippen molar-refractivity contribution in [2.45, 2.75) is 31.8 Å². The van der Waals surface area contributed by atoms with Gasteiger partial charge in [0.15, 0.2) is 6.10 Å². The van der Waals surface area contributed by atoms with Gasteiger partial charge in [0.05, 0.1) is 18.7 Å². The maximum absolute atomic E-state index is 12.7. The van der Waals surface area contributed by atoms with E-state index in [9.17, 15) is 9.59 Å². The van der Waals surface area contributed by atoms with Gasteiger partial charge < -0.3 is 19.9 Å². The van der Waals surface area contributed by atoms with Crippen molar-refractivity contribution < 1.29 is 14.3 Å².